The van der Waals surface area contributed by atoms with Gasteiger partial charge in [0.1, 0.15) is 12.3 Å². The van der Waals surface area contributed by atoms with Crippen LogP contribution in [0.4, 0.5) is 0 Å². The Morgan fingerprint density at radius 3 is 3.00 bits per heavy atom. The molecule has 3 aromatic rings. The maximum absolute atomic E-state index is 12.5. The summed E-state index contributed by atoms with van der Waals surface area (Å²) >= 11 is 6.05. The van der Waals surface area contributed by atoms with E-state index in [9.17, 15) is 4.79 Å². The van der Waals surface area contributed by atoms with Gasteiger partial charge in [-0.25, -0.2) is 0 Å². The number of carbonyl (C=O) groups excluding carboxylic acids is 1. The average Bonchev–Trinajstić information content (AvgIpc) is 3.18. The molecule has 1 heterocycles. The maximum Gasteiger partial charge on any atom is 0.240 e. The van der Waals surface area contributed by atoms with Gasteiger partial charge in [0, 0.05) is 22.1 Å². The number of benzene rings is 2. The predicted octanol–water partition coefficient (Wildman–Crippen LogP) is 4.11. The van der Waals surface area contributed by atoms with Gasteiger partial charge in [-0.3, -0.25) is 4.79 Å². The van der Waals surface area contributed by atoms with E-state index in [0.717, 1.165) is 34.5 Å². The number of hydrogen-bond donors (Lipinski definition) is 1. The van der Waals surface area contributed by atoms with E-state index in [0.29, 0.717) is 6.54 Å². The van der Waals surface area contributed by atoms with Crippen LogP contribution in [-0.2, 0) is 17.8 Å². The summed E-state index contributed by atoms with van der Waals surface area (Å²) in [6.45, 7) is 0.301. The molecular weight excluding hydrogens is 336 g/mol. The minimum absolute atomic E-state index is 0.0149. The van der Waals surface area contributed by atoms with E-state index in [1.807, 2.05) is 53.2 Å². The van der Waals surface area contributed by atoms with Crippen molar-refractivity contribution < 1.29 is 9.53 Å². The third kappa shape index (κ3) is 3.10. The lowest BCUT2D eigenvalue weighted by Gasteiger charge is -2.15. The van der Waals surface area contributed by atoms with E-state index in [1.165, 1.54) is 11.1 Å². The number of rotatable bonds is 4. The molecule has 0 radical (unpaired) electrons. The molecule has 5 heteroatoms. The van der Waals surface area contributed by atoms with Gasteiger partial charge in [-0.15, -0.1) is 0 Å². The van der Waals surface area contributed by atoms with Crippen LogP contribution in [0.15, 0.2) is 48.7 Å². The molecule has 0 saturated carbocycles. The first-order chi connectivity index (χ1) is 12.1. The van der Waals surface area contributed by atoms with Crippen LogP contribution in [0.25, 0.3) is 10.9 Å². The smallest absolute Gasteiger partial charge is 0.240 e. The Morgan fingerprint density at radius 1 is 1.28 bits per heavy atom. The summed E-state index contributed by atoms with van der Waals surface area (Å²) in [5.74, 6) is 0.831. The Morgan fingerprint density at radius 2 is 2.16 bits per heavy atom. The zero-order valence-corrected chi connectivity index (χ0v) is 14.7. The SMILES string of the molecule is COc1ccc2c(ccn2CC(=O)NC2CCc3cc(Cl)ccc32)c1. The molecule has 1 aromatic heterocycles. The molecule has 25 heavy (non-hydrogen) atoms. The molecule has 128 valence electrons. The summed E-state index contributed by atoms with van der Waals surface area (Å²) in [5, 5.41) is 4.97. The Bertz CT molecular complexity index is 948. The van der Waals surface area contributed by atoms with Crippen LogP contribution in [-0.4, -0.2) is 17.6 Å². The van der Waals surface area contributed by atoms with Gasteiger partial charge in [0.25, 0.3) is 0 Å². The normalized spacial score (nSPS) is 16.0. The molecule has 1 aliphatic carbocycles. The van der Waals surface area contributed by atoms with Crippen molar-refractivity contribution >= 4 is 28.4 Å². The van der Waals surface area contributed by atoms with E-state index in [1.54, 1.807) is 7.11 Å². The summed E-state index contributed by atoms with van der Waals surface area (Å²) in [6.07, 6.45) is 3.81. The van der Waals surface area contributed by atoms with E-state index in [-0.39, 0.29) is 11.9 Å². The second-order valence-electron chi connectivity index (χ2n) is 6.37. The number of methoxy groups -OCH3 is 1. The van der Waals surface area contributed by atoms with Crippen molar-refractivity contribution in [1.29, 1.82) is 0 Å². The molecule has 1 aliphatic rings. The van der Waals surface area contributed by atoms with Crippen molar-refractivity contribution in [3.05, 3.63) is 64.8 Å². The molecule has 0 saturated heterocycles. The highest BCUT2D eigenvalue weighted by Gasteiger charge is 2.24. The van der Waals surface area contributed by atoms with E-state index < -0.39 is 0 Å². The molecule has 4 rings (SSSR count). The summed E-state index contributed by atoms with van der Waals surface area (Å²) in [5.41, 5.74) is 3.44. The highest BCUT2D eigenvalue weighted by Crippen LogP contribution is 2.32. The van der Waals surface area contributed by atoms with Crippen molar-refractivity contribution in [3.63, 3.8) is 0 Å². The third-order valence-corrected chi connectivity index (χ3v) is 5.05. The van der Waals surface area contributed by atoms with Gasteiger partial charge in [-0.2, -0.15) is 0 Å². The lowest BCUT2D eigenvalue weighted by molar-refractivity contribution is -0.122. The van der Waals surface area contributed by atoms with Crippen LogP contribution in [0.5, 0.6) is 5.75 Å². The number of aromatic nitrogens is 1. The predicted molar refractivity (Wildman–Crippen MR) is 99.1 cm³/mol. The lowest BCUT2D eigenvalue weighted by Crippen LogP contribution is -2.30. The molecule has 1 unspecified atom stereocenters. The van der Waals surface area contributed by atoms with Crippen molar-refractivity contribution in [2.75, 3.05) is 7.11 Å². The van der Waals surface area contributed by atoms with Gasteiger partial charge in [0.2, 0.25) is 5.91 Å². The van der Waals surface area contributed by atoms with E-state index in [2.05, 4.69) is 5.32 Å². The maximum atomic E-state index is 12.5. The number of halogens is 1. The second kappa shape index (κ2) is 6.45. The minimum Gasteiger partial charge on any atom is -0.497 e. The van der Waals surface area contributed by atoms with E-state index >= 15 is 0 Å². The van der Waals surface area contributed by atoms with Gasteiger partial charge in [-0.1, -0.05) is 17.7 Å². The monoisotopic (exact) mass is 354 g/mol. The number of aryl methyl sites for hydroxylation is 1. The topological polar surface area (TPSA) is 43.3 Å². The molecule has 1 N–H and O–H groups in total. The Kier molecular flexibility index (Phi) is 4.14. The number of hydrogen-bond acceptors (Lipinski definition) is 2. The van der Waals surface area contributed by atoms with Crippen LogP contribution in [0.3, 0.4) is 0 Å². The fourth-order valence-electron chi connectivity index (χ4n) is 3.57. The summed E-state index contributed by atoms with van der Waals surface area (Å²) < 4.78 is 7.21. The van der Waals surface area contributed by atoms with Crippen molar-refractivity contribution in [2.24, 2.45) is 0 Å². The first-order valence-electron chi connectivity index (χ1n) is 8.34. The molecule has 0 bridgehead atoms. The minimum atomic E-state index is 0.0149. The number of fused-ring (bicyclic) bond motifs is 2. The zero-order chi connectivity index (χ0) is 17.4. The first-order valence-corrected chi connectivity index (χ1v) is 8.72. The van der Waals surface area contributed by atoms with Gasteiger partial charge in [0.05, 0.1) is 13.2 Å². The Hall–Kier alpha value is -2.46. The average molecular weight is 355 g/mol. The molecule has 4 nitrogen and oxygen atoms in total. The lowest BCUT2D eigenvalue weighted by atomic mass is 10.1. The number of carbonyl (C=O) groups is 1. The van der Waals surface area contributed by atoms with Crippen molar-refractivity contribution in [3.8, 4) is 5.75 Å². The highest BCUT2D eigenvalue weighted by atomic mass is 35.5. The Labute approximate surface area is 151 Å². The van der Waals surface area contributed by atoms with Gasteiger partial charge >= 0.3 is 0 Å². The van der Waals surface area contributed by atoms with Crippen LogP contribution in [0.1, 0.15) is 23.6 Å². The van der Waals surface area contributed by atoms with Crippen molar-refractivity contribution in [2.45, 2.75) is 25.4 Å². The first kappa shape index (κ1) is 16.0. The molecule has 0 spiro atoms. The number of amides is 1. The summed E-state index contributed by atoms with van der Waals surface area (Å²) in [7, 11) is 1.65. The fourth-order valence-corrected chi connectivity index (χ4v) is 3.77. The van der Waals surface area contributed by atoms with Crippen LogP contribution < -0.4 is 10.1 Å². The van der Waals surface area contributed by atoms with Crippen LogP contribution in [0, 0.1) is 0 Å². The van der Waals surface area contributed by atoms with Crippen LogP contribution in [0.2, 0.25) is 5.02 Å². The second-order valence-corrected chi connectivity index (χ2v) is 6.81. The number of ether oxygens (including phenoxy) is 1. The molecular formula is C20H19ClN2O2. The third-order valence-electron chi connectivity index (χ3n) is 4.81. The largest absolute Gasteiger partial charge is 0.497 e. The van der Waals surface area contributed by atoms with Gasteiger partial charge in [0.15, 0.2) is 0 Å². The quantitative estimate of drug-likeness (QED) is 0.766. The summed E-state index contributed by atoms with van der Waals surface area (Å²) in [6, 6.07) is 13.8. The molecule has 1 atom stereocenters. The van der Waals surface area contributed by atoms with Gasteiger partial charge < -0.3 is 14.6 Å². The zero-order valence-electron chi connectivity index (χ0n) is 14.0. The van der Waals surface area contributed by atoms with E-state index in [4.69, 9.17) is 16.3 Å². The Balaban J connectivity index is 1.49. The highest BCUT2D eigenvalue weighted by molar-refractivity contribution is 6.30. The number of nitrogens with one attached hydrogen (secondary N) is 1. The van der Waals surface area contributed by atoms with Gasteiger partial charge in [-0.05, 0) is 60.4 Å². The van der Waals surface area contributed by atoms with Crippen LogP contribution >= 0.6 is 11.6 Å². The molecule has 0 aliphatic heterocycles. The van der Waals surface area contributed by atoms with Crippen molar-refractivity contribution in [1.82, 2.24) is 9.88 Å². The molecule has 2 aromatic carbocycles. The molecule has 0 fully saturated rings. The standard InChI is InChI=1S/C20H19ClN2O2/c1-25-16-4-7-19-14(11-16)8-9-23(19)12-20(24)22-18-6-2-13-10-15(21)3-5-17(13)18/h3-5,7-11,18H,2,6,12H2,1H3,(H,22,24). The number of nitrogens with zero attached hydrogens (tertiary/aromatic N) is 1. The molecule has 1 amide bonds. The summed E-state index contributed by atoms with van der Waals surface area (Å²) in [4.78, 5) is 12.5. The fraction of sp³-hybridized carbons (Fsp3) is 0.250.